The number of halogens is 1. The van der Waals surface area contributed by atoms with Crippen molar-refractivity contribution >= 4 is 62.5 Å². The predicted octanol–water partition coefficient (Wildman–Crippen LogP) is 8.83. The standard InChI is InChI=1S/C28H29FN4O3.C28H32N4O3.C2H6.2H2/c1-31(2)27(35)24-16-20-8-7-19(15-23(20)30-24)21-5-3-13-32(17-21)28(36)25-6-4-14-33(25)26(34)18-9-11-22(29)12-10-18;1-30(2)27(33)25-16-22-11-10-21(15-24(22)29-25)23-9-6-12-32(18-23)28(34)26-19-31(13-14-35-26)17-20-7-4-3-5-8-20;1-2;;/h5,7-12,15-16,25,30H,3-4,6,13-14,17H2,1-2H3;3-5,7-11,15-16,26,29H,6,12-14,17-19H2,1-2H3;1-2H3;2*1H/t25-;;;;/m0..../s1. The molecule has 0 spiro atoms. The summed E-state index contributed by atoms with van der Waals surface area (Å²) in [5.74, 6) is -0.755. The number of fused-ring (bicyclic) bond motifs is 2. The number of rotatable bonds is 9. The summed E-state index contributed by atoms with van der Waals surface area (Å²) in [6.45, 7) is 9.68. The van der Waals surface area contributed by atoms with Gasteiger partial charge in [-0.05, 0) is 102 Å². The van der Waals surface area contributed by atoms with Gasteiger partial charge in [-0.1, -0.05) is 80.6 Å². The van der Waals surface area contributed by atoms with Crippen molar-refractivity contribution in [1.29, 1.82) is 0 Å². The van der Waals surface area contributed by atoms with Crippen LogP contribution in [0.2, 0.25) is 0 Å². The van der Waals surface area contributed by atoms with Crippen molar-refractivity contribution in [3.05, 3.63) is 155 Å². The lowest BCUT2D eigenvalue weighted by atomic mass is 9.99. The summed E-state index contributed by atoms with van der Waals surface area (Å²) in [6, 6.07) is 31.2. The summed E-state index contributed by atoms with van der Waals surface area (Å²) in [7, 11) is 6.93. The van der Waals surface area contributed by atoms with E-state index >= 15 is 0 Å². The van der Waals surface area contributed by atoms with Gasteiger partial charge in [0.2, 0.25) is 5.91 Å². The Hall–Kier alpha value is -7.36. The summed E-state index contributed by atoms with van der Waals surface area (Å²) >= 11 is 0. The first-order chi connectivity index (χ1) is 35.3. The molecule has 386 valence electrons. The highest BCUT2D eigenvalue weighted by Crippen LogP contribution is 2.30. The molecule has 2 N–H and O–H groups in total. The molecule has 4 aliphatic heterocycles. The largest absolute Gasteiger partial charge is 0.366 e. The van der Waals surface area contributed by atoms with Crippen LogP contribution in [0.5, 0.6) is 0 Å². The number of nitrogens with one attached hydrogen (secondary N) is 2. The molecule has 4 aliphatic rings. The molecule has 6 heterocycles. The highest BCUT2D eigenvalue weighted by Gasteiger charge is 2.38. The molecule has 2 atom stereocenters. The zero-order chi connectivity index (χ0) is 51.8. The normalized spacial score (nSPS) is 18.0. The van der Waals surface area contributed by atoms with Gasteiger partial charge in [0.1, 0.15) is 29.4 Å². The molecule has 15 heteroatoms. The Kier molecular flexibility index (Phi) is 16.7. The summed E-state index contributed by atoms with van der Waals surface area (Å²) in [5, 5.41) is 1.95. The molecule has 2 fully saturated rings. The van der Waals surface area contributed by atoms with E-state index < -0.39 is 18.0 Å². The molecule has 0 bridgehead atoms. The average molecular weight is 995 g/mol. The molecule has 4 aromatic carbocycles. The van der Waals surface area contributed by atoms with Crippen molar-refractivity contribution in [3.8, 4) is 0 Å². The van der Waals surface area contributed by atoms with Gasteiger partial charge in [-0.25, -0.2) is 4.39 Å². The predicted molar refractivity (Wildman–Crippen MR) is 288 cm³/mol. The molecule has 1 unspecified atom stereocenters. The lowest BCUT2D eigenvalue weighted by Gasteiger charge is -2.36. The fourth-order valence-corrected chi connectivity index (χ4v) is 9.92. The maximum Gasteiger partial charge on any atom is 0.269 e. The van der Waals surface area contributed by atoms with E-state index in [0.717, 1.165) is 76.4 Å². The number of amides is 5. The van der Waals surface area contributed by atoms with Crippen LogP contribution in [0.25, 0.3) is 33.0 Å². The molecule has 14 nitrogen and oxygen atoms in total. The third-order valence-corrected chi connectivity index (χ3v) is 13.7. The van der Waals surface area contributed by atoms with Gasteiger partial charge in [-0.2, -0.15) is 0 Å². The molecular weight excluding hydrogens is 924 g/mol. The van der Waals surface area contributed by atoms with Gasteiger partial charge in [0.25, 0.3) is 23.6 Å². The maximum atomic E-state index is 13.5. The second-order valence-corrected chi connectivity index (χ2v) is 19.2. The monoisotopic (exact) mass is 995 g/mol. The maximum absolute atomic E-state index is 13.5. The van der Waals surface area contributed by atoms with Crippen LogP contribution in [0.15, 0.2) is 115 Å². The minimum Gasteiger partial charge on any atom is -0.366 e. The van der Waals surface area contributed by atoms with Crippen molar-refractivity contribution in [3.63, 3.8) is 0 Å². The van der Waals surface area contributed by atoms with Crippen molar-refractivity contribution in [1.82, 2.24) is 39.4 Å². The molecule has 0 saturated carbocycles. The molecule has 10 rings (SSSR count). The average Bonchev–Trinajstić information content (AvgIpc) is 4.20. The number of hydrogen-bond donors (Lipinski definition) is 2. The van der Waals surface area contributed by atoms with E-state index in [1.807, 2.05) is 78.2 Å². The second-order valence-electron chi connectivity index (χ2n) is 19.2. The van der Waals surface area contributed by atoms with E-state index in [-0.39, 0.29) is 32.4 Å². The molecule has 73 heavy (non-hydrogen) atoms. The zero-order valence-corrected chi connectivity index (χ0v) is 42.8. The Morgan fingerprint density at radius 3 is 1.77 bits per heavy atom. The highest BCUT2D eigenvalue weighted by molar-refractivity contribution is 6.00. The fourth-order valence-electron chi connectivity index (χ4n) is 9.92. The summed E-state index contributed by atoms with van der Waals surface area (Å²) in [6.07, 6.45) is 6.85. The quantitative estimate of drug-likeness (QED) is 0.147. The van der Waals surface area contributed by atoms with E-state index in [1.165, 1.54) is 34.7 Å². The van der Waals surface area contributed by atoms with E-state index in [2.05, 4.69) is 51.3 Å². The molecule has 0 aliphatic carbocycles. The fraction of sp³-hybridized carbons (Fsp3) is 0.362. The number of likely N-dealkylation sites (tertiary alicyclic amines) is 1. The molecule has 2 aromatic heterocycles. The first kappa shape index (κ1) is 52.0. The number of H-pyrrole nitrogens is 2. The lowest BCUT2D eigenvalue weighted by molar-refractivity contribution is -0.149. The Labute approximate surface area is 430 Å². The van der Waals surface area contributed by atoms with Gasteiger partial charge in [-0.15, -0.1) is 0 Å². The van der Waals surface area contributed by atoms with E-state index in [1.54, 1.807) is 38.0 Å². The van der Waals surface area contributed by atoms with Crippen LogP contribution in [0.4, 0.5) is 4.39 Å². The smallest absolute Gasteiger partial charge is 0.269 e. The van der Waals surface area contributed by atoms with Gasteiger partial charge < -0.3 is 39.2 Å². The van der Waals surface area contributed by atoms with Crippen LogP contribution in [0.3, 0.4) is 0 Å². The van der Waals surface area contributed by atoms with Crippen LogP contribution < -0.4 is 0 Å². The summed E-state index contributed by atoms with van der Waals surface area (Å²) < 4.78 is 19.2. The SMILES string of the molecule is CC.CN(C)C(=O)c1cc2ccc(C3=CCCN(C(=O)C4CN(Cc5ccccc5)CCO4)C3)cc2[nH]1.CN(C)C(=O)c1cc2ccc(C3=CCCN(C(=O)[C@@H]4CCCN4C(=O)c4ccc(F)cc4)C3)cc2[nH]1.[HH].[HH]. The Morgan fingerprint density at radius 1 is 0.671 bits per heavy atom. The van der Waals surface area contributed by atoms with Crippen LogP contribution in [0.1, 0.15) is 90.4 Å². The number of aromatic nitrogens is 2. The Balaban J connectivity index is 0.000000230. The van der Waals surface area contributed by atoms with Gasteiger partial charge in [0.05, 0.1) is 6.61 Å². The van der Waals surface area contributed by atoms with Crippen LogP contribution in [-0.4, -0.2) is 162 Å². The number of nitrogens with zero attached hydrogens (tertiary/aromatic N) is 6. The van der Waals surface area contributed by atoms with Gasteiger partial charge in [-0.3, -0.25) is 28.9 Å². The number of aromatic amines is 2. The minimum absolute atomic E-state index is 0. The number of benzene rings is 4. The lowest BCUT2D eigenvalue weighted by Crippen LogP contribution is -2.51. The molecule has 2 saturated heterocycles. The third kappa shape index (κ3) is 12.1. The summed E-state index contributed by atoms with van der Waals surface area (Å²) in [4.78, 5) is 81.8. The van der Waals surface area contributed by atoms with Crippen molar-refractivity contribution in [2.24, 2.45) is 0 Å². The molecular formula is C58H71FN8O6. The topological polar surface area (TPSA) is 146 Å². The van der Waals surface area contributed by atoms with Crippen molar-refractivity contribution in [2.45, 2.75) is 58.2 Å². The minimum atomic E-state index is -0.507. The number of morpholine rings is 1. The highest BCUT2D eigenvalue weighted by atomic mass is 19.1. The molecule has 6 aromatic rings. The van der Waals surface area contributed by atoms with Gasteiger partial charge in [0.15, 0.2) is 0 Å². The van der Waals surface area contributed by atoms with Gasteiger partial charge >= 0.3 is 0 Å². The van der Waals surface area contributed by atoms with Crippen LogP contribution in [0, 0.1) is 5.82 Å². The number of hydrogen-bond acceptors (Lipinski definition) is 7. The van der Waals surface area contributed by atoms with E-state index in [4.69, 9.17) is 4.74 Å². The van der Waals surface area contributed by atoms with Crippen LogP contribution in [-0.2, 0) is 20.9 Å². The number of ether oxygens (including phenoxy) is 1. The first-order valence-electron chi connectivity index (χ1n) is 25.4. The van der Waals surface area contributed by atoms with E-state index in [0.29, 0.717) is 69.2 Å². The Morgan fingerprint density at radius 2 is 1.22 bits per heavy atom. The number of carbonyl (C=O) groups is 5. The summed E-state index contributed by atoms with van der Waals surface area (Å²) in [5.41, 5.74) is 8.77. The number of carbonyl (C=O) groups excluding carboxylic acids is 5. The van der Waals surface area contributed by atoms with Crippen LogP contribution >= 0.6 is 0 Å². The Bertz CT molecular complexity index is 3030. The zero-order valence-electron chi connectivity index (χ0n) is 42.8. The van der Waals surface area contributed by atoms with Crippen molar-refractivity contribution < 1.29 is 36.0 Å². The van der Waals surface area contributed by atoms with Gasteiger partial charge in [0, 0.05) is 111 Å². The second kappa shape index (κ2) is 23.5. The van der Waals surface area contributed by atoms with E-state index in [9.17, 15) is 28.4 Å². The van der Waals surface area contributed by atoms with Crippen molar-refractivity contribution in [2.75, 3.05) is 80.6 Å². The molecule has 0 radical (unpaired) electrons. The molecule has 5 amide bonds. The first-order valence-corrected chi connectivity index (χ1v) is 25.4. The third-order valence-electron chi connectivity index (χ3n) is 13.7.